The highest BCUT2D eigenvalue weighted by molar-refractivity contribution is 5.26. The van der Waals surface area contributed by atoms with Gasteiger partial charge in [-0.2, -0.15) is 0 Å². The first kappa shape index (κ1) is 10.9. The molecule has 0 radical (unpaired) electrons. The van der Waals surface area contributed by atoms with Gasteiger partial charge < -0.3 is 0 Å². The standard InChI is InChI=1S/C11H15F/c1-5-11(12)8-6-7-10(4)9(2)3/h5-6,8H,2,4,7H2,1,3H3/b8-6+,11-5+. The SMILES string of the molecule is C=C(C)C(=C)C/C=C/C(F)=C\C. The number of allylic oxidation sites excluding steroid dienone is 6. The first-order chi connectivity index (χ1) is 5.57. The largest absolute Gasteiger partial charge is 0.207 e. The predicted molar refractivity (Wildman–Crippen MR) is 52.6 cm³/mol. The minimum Gasteiger partial charge on any atom is -0.207 e. The summed E-state index contributed by atoms with van der Waals surface area (Å²) in [6.07, 6.45) is 5.26. The van der Waals surface area contributed by atoms with Gasteiger partial charge in [-0.05, 0) is 31.9 Å². The fourth-order valence-corrected chi connectivity index (χ4v) is 0.584. The molecule has 0 heterocycles. The van der Waals surface area contributed by atoms with Crippen molar-refractivity contribution >= 4 is 0 Å². The second-order valence-electron chi connectivity index (χ2n) is 2.66. The average Bonchev–Trinajstić information content (AvgIpc) is 2.03. The van der Waals surface area contributed by atoms with Crippen molar-refractivity contribution in [3.8, 4) is 0 Å². The Bertz CT molecular complexity index is 231. The zero-order valence-electron chi connectivity index (χ0n) is 7.73. The Morgan fingerprint density at radius 1 is 1.42 bits per heavy atom. The van der Waals surface area contributed by atoms with Crippen LogP contribution in [0.3, 0.4) is 0 Å². The van der Waals surface area contributed by atoms with Crippen molar-refractivity contribution in [3.05, 3.63) is 48.4 Å². The molecule has 0 aromatic carbocycles. The van der Waals surface area contributed by atoms with Gasteiger partial charge in [0.15, 0.2) is 0 Å². The predicted octanol–water partition coefficient (Wildman–Crippen LogP) is 3.94. The van der Waals surface area contributed by atoms with Crippen molar-refractivity contribution in [2.75, 3.05) is 0 Å². The van der Waals surface area contributed by atoms with Crippen LogP contribution in [-0.2, 0) is 0 Å². The summed E-state index contributed by atoms with van der Waals surface area (Å²) in [5.74, 6) is -0.218. The number of hydrogen-bond acceptors (Lipinski definition) is 0. The highest BCUT2D eigenvalue weighted by Gasteiger charge is 1.90. The van der Waals surface area contributed by atoms with Gasteiger partial charge in [0.25, 0.3) is 0 Å². The van der Waals surface area contributed by atoms with Gasteiger partial charge >= 0.3 is 0 Å². The van der Waals surface area contributed by atoms with Crippen molar-refractivity contribution in [3.63, 3.8) is 0 Å². The van der Waals surface area contributed by atoms with E-state index in [0.29, 0.717) is 6.42 Å². The molecular formula is C11H15F. The Balaban J connectivity index is 3.91. The number of hydrogen-bond donors (Lipinski definition) is 0. The molecule has 0 spiro atoms. The molecule has 0 aliphatic carbocycles. The molecule has 0 nitrogen and oxygen atoms in total. The van der Waals surface area contributed by atoms with Gasteiger partial charge in [0.2, 0.25) is 0 Å². The van der Waals surface area contributed by atoms with E-state index < -0.39 is 0 Å². The molecule has 12 heavy (non-hydrogen) atoms. The molecule has 0 aliphatic rings. The van der Waals surface area contributed by atoms with Gasteiger partial charge in [-0.1, -0.05) is 30.9 Å². The molecule has 66 valence electrons. The molecule has 0 unspecified atom stereocenters. The minimum absolute atomic E-state index is 0.218. The van der Waals surface area contributed by atoms with Crippen LogP contribution >= 0.6 is 0 Å². The molecule has 0 aromatic rings. The van der Waals surface area contributed by atoms with Gasteiger partial charge in [0, 0.05) is 0 Å². The van der Waals surface area contributed by atoms with Gasteiger partial charge in [0.1, 0.15) is 5.83 Å². The zero-order valence-corrected chi connectivity index (χ0v) is 7.73. The van der Waals surface area contributed by atoms with Crippen LogP contribution in [0.25, 0.3) is 0 Å². The Kier molecular flexibility index (Phi) is 5.02. The van der Waals surface area contributed by atoms with E-state index in [2.05, 4.69) is 13.2 Å². The van der Waals surface area contributed by atoms with E-state index >= 15 is 0 Å². The molecule has 0 saturated carbocycles. The van der Waals surface area contributed by atoms with Crippen LogP contribution in [0, 0.1) is 0 Å². The molecule has 0 saturated heterocycles. The molecular weight excluding hydrogens is 151 g/mol. The van der Waals surface area contributed by atoms with Crippen LogP contribution in [-0.4, -0.2) is 0 Å². The summed E-state index contributed by atoms with van der Waals surface area (Å²) in [5, 5.41) is 0. The van der Waals surface area contributed by atoms with E-state index in [-0.39, 0.29) is 5.83 Å². The fraction of sp³-hybridized carbons (Fsp3) is 0.273. The van der Waals surface area contributed by atoms with Crippen LogP contribution in [0.4, 0.5) is 4.39 Å². The summed E-state index contributed by atoms with van der Waals surface area (Å²) in [4.78, 5) is 0. The van der Waals surface area contributed by atoms with Crippen molar-refractivity contribution in [1.82, 2.24) is 0 Å². The maximum Gasteiger partial charge on any atom is 0.118 e. The summed E-state index contributed by atoms with van der Waals surface area (Å²) in [5.41, 5.74) is 1.88. The summed E-state index contributed by atoms with van der Waals surface area (Å²) < 4.78 is 12.5. The number of rotatable bonds is 4. The van der Waals surface area contributed by atoms with E-state index in [1.54, 1.807) is 13.0 Å². The Hall–Kier alpha value is -1.11. The molecule has 0 rings (SSSR count). The molecule has 0 atom stereocenters. The van der Waals surface area contributed by atoms with Crippen molar-refractivity contribution < 1.29 is 4.39 Å². The first-order valence-corrected chi connectivity index (χ1v) is 3.90. The molecule has 0 amide bonds. The second kappa shape index (κ2) is 5.53. The van der Waals surface area contributed by atoms with Gasteiger partial charge in [-0.25, -0.2) is 4.39 Å². The first-order valence-electron chi connectivity index (χ1n) is 3.90. The van der Waals surface area contributed by atoms with E-state index in [1.807, 2.05) is 6.92 Å². The molecule has 1 heteroatoms. The lowest BCUT2D eigenvalue weighted by Crippen LogP contribution is -1.78. The normalized spacial score (nSPS) is 12.1. The van der Waals surface area contributed by atoms with E-state index in [1.165, 1.54) is 12.2 Å². The Labute approximate surface area is 73.8 Å². The highest BCUT2D eigenvalue weighted by atomic mass is 19.1. The average molecular weight is 166 g/mol. The highest BCUT2D eigenvalue weighted by Crippen LogP contribution is 2.10. The van der Waals surface area contributed by atoms with Crippen LogP contribution in [0.2, 0.25) is 0 Å². The van der Waals surface area contributed by atoms with Crippen molar-refractivity contribution in [2.24, 2.45) is 0 Å². The third kappa shape index (κ3) is 4.67. The molecule has 0 N–H and O–H groups in total. The molecule has 0 aliphatic heterocycles. The lowest BCUT2D eigenvalue weighted by molar-refractivity contribution is 0.664. The monoisotopic (exact) mass is 166 g/mol. The fourth-order valence-electron chi connectivity index (χ4n) is 0.584. The quantitative estimate of drug-likeness (QED) is 0.555. The van der Waals surface area contributed by atoms with E-state index in [4.69, 9.17) is 0 Å². The van der Waals surface area contributed by atoms with Gasteiger partial charge in [0.05, 0.1) is 0 Å². The van der Waals surface area contributed by atoms with E-state index in [9.17, 15) is 4.39 Å². The minimum atomic E-state index is -0.218. The lowest BCUT2D eigenvalue weighted by Gasteiger charge is -1.98. The summed E-state index contributed by atoms with van der Waals surface area (Å²) in [6, 6.07) is 0. The van der Waals surface area contributed by atoms with Crippen LogP contribution in [0.5, 0.6) is 0 Å². The second-order valence-corrected chi connectivity index (χ2v) is 2.66. The molecule has 0 fully saturated rings. The Morgan fingerprint density at radius 2 is 2.00 bits per heavy atom. The molecule has 0 bridgehead atoms. The third-order valence-corrected chi connectivity index (χ3v) is 1.52. The smallest absolute Gasteiger partial charge is 0.118 e. The summed E-state index contributed by atoms with van der Waals surface area (Å²) in [7, 11) is 0. The van der Waals surface area contributed by atoms with Crippen molar-refractivity contribution in [1.29, 1.82) is 0 Å². The van der Waals surface area contributed by atoms with Gasteiger partial charge in [-0.3, -0.25) is 0 Å². The van der Waals surface area contributed by atoms with Crippen LogP contribution in [0.15, 0.2) is 48.4 Å². The summed E-state index contributed by atoms with van der Waals surface area (Å²) in [6.45, 7) is 11.1. The van der Waals surface area contributed by atoms with Crippen LogP contribution in [0.1, 0.15) is 20.3 Å². The topological polar surface area (TPSA) is 0 Å². The van der Waals surface area contributed by atoms with E-state index in [0.717, 1.165) is 11.1 Å². The third-order valence-electron chi connectivity index (χ3n) is 1.52. The Morgan fingerprint density at radius 3 is 2.42 bits per heavy atom. The maximum absolute atomic E-state index is 12.5. The van der Waals surface area contributed by atoms with Crippen LogP contribution < -0.4 is 0 Å². The maximum atomic E-state index is 12.5. The summed E-state index contributed by atoms with van der Waals surface area (Å²) >= 11 is 0. The van der Waals surface area contributed by atoms with Gasteiger partial charge in [-0.15, -0.1) is 0 Å². The zero-order chi connectivity index (χ0) is 9.56. The number of halogens is 1. The van der Waals surface area contributed by atoms with Crippen molar-refractivity contribution in [2.45, 2.75) is 20.3 Å². The lowest BCUT2D eigenvalue weighted by atomic mass is 10.1. The molecule has 0 aromatic heterocycles.